The molecule has 1 fully saturated rings. The number of hydrogen-bond donors (Lipinski definition) is 0. The molecule has 4 heteroatoms. The fraction of sp³-hybridized carbons (Fsp3) is 0.625. The third-order valence-corrected chi connectivity index (χ3v) is 4.87. The fourth-order valence-corrected chi connectivity index (χ4v) is 2.82. The van der Waals surface area contributed by atoms with Crippen molar-refractivity contribution in [3.63, 3.8) is 0 Å². The van der Waals surface area contributed by atoms with E-state index in [1.54, 1.807) is 0 Å². The van der Waals surface area contributed by atoms with Crippen molar-refractivity contribution in [2.45, 2.75) is 58.7 Å². The second-order valence-electron chi connectivity index (χ2n) is 6.81. The molecule has 0 N–H and O–H groups in total. The highest BCUT2D eigenvalue weighted by Crippen LogP contribution is 2.37. The van der Waals surface area contributed by atoms with E-state index in [0.29, 0.717) is 0 Å². The highest BCUT2D eigenvalue weighted by molar-refractivity contribution is 6.62. The van der Waals surface area contributed by atoms with Crippen molar-refractivity contribution in [3.05, 3.63) is 23.3 Å². The molecule has 0 aliphatic carbocycles. The number of ether oxygens (including phenoxy) is 1. The van der Waals surface area contributed by atoms with Crippen LogP contribution in [0.1, 0.15) is 45.2 Å². The summed E-state index contributed by atoms with van der Waals surface area (Å²) in [6.07, 6.45) is 2.20. The van der Waals surface area contributed by atoms with E-state index >= 15 is 0 Å². The predicted molar refractivity (Wildman–Crippen MR) is 80.7 cm³/mol. The van der Waals surface area contributed by atoms with Crippen molar-refractivity contribution in [3.8, 4) is 5.75 Å². The molecule has 0 saturated carbocycles. The minimum atomic E-state index is -0.309. The number of fused-ring (bicyclic) bond motifs is 1. The summed E-state index contributed by atoms with van der Waals surface area (Å²) >= 11 is 0. The lowest BCUT2D eigenvalue weighted by Crippen LogP contribution is -2.41. The van der Waals surface area contributed by atoms with E-state index in [9.17, 15) is 0 Å². The third kappa shape index (κ3) is 2.06. The molecule has 2 aliphatic rings. The summed E-state index contributed by atoms with van der Waals surface area (Å²) in [7, 11) is -0.309. The normalized spacial score (nSPS) is 23.4. The number of hydrogen-bond acceptors (Lipinski definition) is 3. The summed E-state index contributed by atoms with van der Waals surface area (Å²) in [5.41, 5.74) is 2.93. The Bertz CT molecular complexity index is 521. The zero-order valence-electron chi connectivity index (χ0n) is 13.1. The second kappa shape index (κ2) is 4.50. The Balaban J connectivity index is 1.96. The van der Waals surface area contributed by atoms with Crippen molar-refractivity contribution in [2.75, 3.05) is 6.61 Å². The molecule has 0 unspecified atom stereocenters. The van der Waals surface area contributed by atoms with Gasteiger partial charge in [-0.25, -0.2) is 0 Å². The first-order chi connectivity index (χ1) is 9.32. The van der Waals surface area contributed by atoms with Gasteiger partial charge in [-0.15, -0.1) is 0 Å². The molecule has 0 spiro atoms. The first-order valence-electron chi connectivity index (χ1n) is 7.43. The van der Waals surface area contributed by atoms with E-state index in [-0.39, 0.29) is 18.3 Å². The highest BCUT2D eigenvalue weighted by atomic mass is 16.7. The maximum absolute atomic E-state index is 6.14. The second-order valence-corrected chi connectivity index (χ2v) is 6.81. The quantitative estimate of drug-likeness (QED) is 0.737. The van der Waals surface area contributed by atoms with E-state index in [0.717, 1.165) is 36.2 Å². The van der Waals surface area contributed by atoms with Gasteiger partial charge in [-0.1, -0.05) is 12.1 Å². The molecule has 0 atom stereocenters. The molecular formula is C16H23BO3. The minimum absolute atomic E-state index is 0.305. The first kappa shape index (κ1) is 14.0. The van der Waals surface area contributed by atoms with E-state index in [4.69, 9.17) is 14.0 Å². The van der Waals surface area contributed by atoms with Gasteiger partial charge in [0.2, 0.25) is 0 Å². The maximum Gasteiger partial charge on any atom is 0.495 e. The molecule has 2 aliphatic heterocycles. The van der Waals surface area contributed by atoms with Crippen molar-refractivity contribution < 1.29 is 14.0 Å². The molecule has 1 aromatic rings. The lowest BCUT2D eigenvalue weighted by molar-refractivity contribution is 0.00578. The van der Waals surface area contributed by atoms with Gasteiger partial charge >= 0.3 is 7.12 Å². The van der Waals surface area contributed by atoms with Gasteiger partial charge in [0.15, 0.2) is 0 Å². The number of aryl methyl sites for hydroxylation is 1. The maximum atomic E-state index is 6.14. The summed E-state index contributed by atoms with van der Waals surface area (Å²) in [5, 5.41) is 0. The van der Waals surface area contributed by atoms with Crippen LogP contribution in [0.5, 0.6) is 5.75 Å². The molecule has 0 bridgehead atoms. The lowest BCUT2D eigenvalue weighted by atomic mass is 9.75. The largest absolute Gasteiger partial charge is 0.495 e. The third-order valence-electron chi connectivity index (χ3n) is 4.87. The van der Waals surface area contributed by atoms with Gasteiger partial charge in [0.1, 0.15) is 5.75 Å². The zero-order valence-corrected chi connectivity index (χ0v) is 13.1. The molecule has 20 heavy (non-hydrogen) atoms. The molecule has 0 aromatic heterocycles. The molecule has 0 radical (unpaired) electrons. The SMILES string of the molecule is Cc1c(B2OC(C)(C)C(C)(C)O2)ccc2c1OCCC2. The average Bonchev–Trinajstić information content (AvgIpc) is 2.59. The first-order valence-corrected chi connectivity index (χ1v) is 7.43. The van der Waals surface area contributed by atoms with Crippen LogP contribution in [0.2, 0.25) is 0 Å². The molecule has 1 saturated heterocycles. The van der Waals surface area contributed by atoms with Crippen LogP contribution in [0, 0.1) is 6.92 Å². The topological polar surface area (TPSA) is 27.7 Å². The van der Waals surface area contributed by atoms with Crippen LogP contribution in [-0.4, -0.2) is 24.9 Å². The monoisotopic (exact) mass is 274 g/mol. The summed E-state index contributed by atoms with van der Waals surface area (Å²) in [6.45, 7) is 11.2. The minimum Gasteiger partial charge on any atom is -0.493 e. The van der Waals surface area contributed by atoms with Crippen LogP contribution in [0.4, 0.5) is 0 Å². The molecule has 0 amide bonds. The Labute approximate surface area is 121 Å². The zero-order chi connectivity index (χ0) is 14.5. The molecule has 3 rings (SSSR count). The van der Waals surface area contributed by atoms with Crippen molar-refractivity contribution in [2.24, 2.45) is 0 Å². The molecule has 1 aromatic carbocycles. The average molecular weight is 274 g/mol. The van der Waals surface area contributed by atoms with Gasteiger partial charge in [0.05, 0.1) is 17.8 Å². The summed E-state index contributed by atoms with van der Waals surface area (Å²) in [6, 6.07) is 4.28. The van der Waals surface area contributed by atoms with Crippen LogP contribution in [0.15, 0.2) is 12.1 Å². The molecule has 3 nitrogen and oxygen atoms in total. The number of rotatable bonds is 1. The number of benzene rings is 1. The van der Waals surface area contributed by atoms with E-state index < -0.39 is 0 Å². The molecular weight excluding hydrogens is 251 g/mol. The van der Waals surface area contributed by atoms with Crippen LogP contribution >= 0.6 is 0 Å². The van der Waals surface area contributed by atoms with Gasteiger partial charge in [-0.2, -0.15) is 0 Å². The van der Waals surface area contributed by atoms with Gasteiger partial charge in [-0.05, 0) is 64.1 Å². The Kier molecular flexibility index (Phi) is 3.14. The molecule has 2 heterocycles. The Hall–Kier alpha value is -0.995. The van der Waals surface area contributed by atoms with Gasteiger partial charge < -0.3 is 14.0 Å². The highest BCUT2D eigenvalue weighted by Gasteiger charge is 2.52. The van der Waals surface area contributed by atoms with Crippen LogP contribution in [-0.2, 0) is 15.7 Å². The fourth-order valence-electron chi connectivity index (χ4n) is 2.82. The van der Waals surface area contributed by atoms with Gasteiger partial charge in [-0.3, -0.25) is 0 Å². The van der Waals surface area contributed by atoms with Crippen molar-refractivity contribution in [1.29, 1.82) is 0 Å². The standard InChI is InChI=1S/C16H23BO3/c1-11-13(9-8-12-7-6-10-18-14(11)12)17-19-15(2,3)16(4,5)20-17/h8-9H,6-7,10H2,1-5H3. The summed E-state index contributed by atoms with van der Waals surface area (Å²) in [5.74, 6) is 1.03. The summed E-state index contributed by atoms with van der Waals surface area (Å²) in [4.78, 5) is 0. The predicted octanol–water partition coefficient (Wildman–Crippen LogP) is 2.62. The van der Waals surface area contributed by atoms with Crippen molar-refractivity contribution in [1.82, 2.24) is 0 Å². The lowest BCUT2D eigenvalue weighted by Gasteiger charge is -2.32. The Morgan fingerprint density at radius 2 is 1.70 bits per heavy atom. The molecule has 108 valence electrons. The van der Waals surface area contributed by atoms with Crippen LogP contribution in [0.25, 0.3) is 0 Å². The smallest absolute Gasteiger partial charge is 0.493 e. The Morgan fingerprint density at radius 1 is 1.05 bits per heavy atom. The van der Waals surface area contributed by atoms with Gasteiger partial charge in [0, 0.05) is 0 Å². The summed E-state index contributed by atoms with van der Waals surface area (Å²) < 4.78 is 18.1. The van der Waals surface area contributed by atoms with E-state index in [2.05, 4.69) is 46.8 Å². The van der Waals surface area contributed by atoms with E-state index in [1.165, 1.54) is 5.56 Å². The van der Waals surface area contributed by atoms with E-state index in [1.807, 2.05) is 0 Å². The van der Waals surface area contributed by atoms with Crippen molar-refractivity contribution >= 4 is 12.6 Å². The van der Waals surface area contributed by atoms with Crippen LogP contribution < -0.4 is 10.2 Å². The van der Waals surface area contributed by atoms with Gasteiger partial charge in [0.25, 0.3) is 0 Å². The van der Waals surface area contributed by atoms with Crippen LogP contribution in [0.3, 0.4) is 0 Å². The Morgan fingerprint density at radius 3 is 2.35 bits per heavy atom.